The van der Waals surface area contributed by atoms with E-state index in [9.17, 15) is 0 Å². The van der Waals surface area contributed by atoms with Gasteiger partial charge in [0.1, 0.15) is 11.9 Å². The second kappa shape index (κ2) is 5.12. The van der Waals surface area contributed by atoms with Crippen molar-refractivity contribution in [3.8, 4) is 5.75 Å². The number of benzene rings is 2. The number of nitrogens with two attached hydrogens (primary N) is 1. The zero-order valence-electron chi connectivity index (χ0n) is 11.7. The predicted molar refractivity (Wildman–Crippen MR) is 82.3 cm³/mol. The summed E-state index contributed by atoms with van der Waals surface area (Å²) >= 11 is 6.03. The Morgan fingerprint density at radius 1 is 1.10 bits per heavy atom. The molecule has 1 aliphatic rings. The summed E-state index contributed by atoms with van der Waals surface area (Å²) in [7, 11) is 0. The first-order valence-electron chi connectivity index (χ1n) is 6.83. The fourth-order valence-electron chi connectivity index (χ4n) is 2.77. The summed E-state index contributed by atoms with van der Waals surface area (Å²) in [6.07, 6.45) is 0.788. The topological polar surface area (TPSA) is 35.2 Å². The molecule has 2 nitrogen and oxygen atoms in total. The zero-order valence-corrected chi connectivity index (χ0v) is 12.4. The maximum absolute atomic E-state index is 6.29. The van der Waals surface area contributed by atoms with Crippen LogP contribution in [-0.4, -0.2) is 0 Å². The zero-order chi connectivity index (χ0) is 14.3. The molecule has 2 atom stereocenters. The molecule has 0 amide bonds. The third-order valence-corrected chi connectivity index (χ3v) is 4.13. The van der Waals surface area contributed by atoms with Crippen molar-refractivity contribution in [2.45, 2.75) is 32.4 Å². The average Bonchev–Trinajstić information content (AvgIpc) is 2.42. The van der Waals surface area contributed by atoms with Crippen LogP contribution in [0.2, 0.25) is 5.02 Å². The van der Waals surface area contributed by atoms with E-state index in [0.29, 0.717) is 5.02 Å². The molecule has 2 aromatic rings. The minimum atomic E-state index is -0.0395. The van der Waals surface area contributed by atoms with Crippen molar-refractivity contribution in [3.05, 3.63) is 63.7 Å². The monoisotopic (exact) mass is 287 g/mol. The predicted octanol–water partition coefficient (Wildman–Crippen LogP) is 4.48. The summed E-state index contributed by atoms with van der Waals surface area (Å²) in [5.74, 6) is 0.846. The van der Waals surface area contributed by atoms with Crippen molar-refractivity contribution in [2.24, 2.45) is 5.73 Å². The quantitative estimate of drug-likeness (QED) is 0.839. The lowest BCUT2D eigenvalue weighted by Crippen LogP contribution is -2.24. The van der Waals surface area contributed by atoms with Gasteiger partial charge in [-0.3, -0.25) is 0 Å². The minimum absolute atomic E-state index is 0.0126. The fraction of sp³-hybridized carbons (Fsp3) is 0.294. The van der Waals surface area contributed by atoms with Gasteiger partial charge in [0.15, 0.2) is 0 Å². The minimum Gasteiger partial charge on any atom is -0.485 e. The van der Waals surface area contributed by atoms with E-state index in [1.165, 1.54) is 16.7 Å². The standard InChI is InChI=1S/C17H18ClNO/c1-10-3-4-11(2)13(7-10)17-9-15(19)14-8-12(18)5-6-16(14)20-17/h3-8,15,17H,9,19H2,1-2H3/t15-,17?/m1/s1. The van der Waals surface area contributed by atoms with Gasteiger partial charge in [0.2, 0.25) is 0 Å². The van der Waals surface area contributed by atoms with Gasteiger partial charge in [-0.1, -0.05) is 35.4 Å². The van der Waals surface area contributed by atoms with Crippen LogP contribution >= 0.6 is 11.6 Å². The molecule has 0 bridgehead atoms. The van der Waals surface area contributed by atoms with E-state index in [0.717, 1.165) is 17.7 Å². The van der Waals surface area contributed by atoms with E-state index < -0.39 is 0 Å². The SMILES string of the molecule is Cc1ccc(C)c(C2C[C@@H](N)c3cc(Cl)ccc3O2)c1. The Kier molecular flexibility index (Phi) is 3.45. The smallest absolute Gasteiger partial charge is 0.126 e. The van der Waals surface area contributed by atoms with Gasteiger partial charge in [0, 0.05) is 23.0 Å². The van der Waals surface area contributed by atoms with Gasteiger partial charge in [-0.05, 0) is 43.2 Å². The Morgan fingerprint density at radius 3 is 2.70 bits per heavy atom. The molecule has 0 aromatic heterocycles. The average molecular weight is 288 g/mol. The van der Waals surface area contributed by atoms with Gasteiger partial charge < -0.3 is 10.5 Å². The molecule has 0 aliphatic carbocycles. The number of halogens is 1. The van der Waals surface area contributed by atoms with Gasteiger partial charge in [0.25, 0.3) is 0 Å². The molecule has 1 aliphatic heterocycles. The third-order valence-electron chi connectivity index (χ3n) is 3.89. The summed E-state index contributed by atoms with van der Waals surface area (Å²) in [5.41, 5.74) is 11.0. The van der Waals surface area contributed by atoms with Gasteiger partial charge in [0.05, 0.1) is 0 Å². The van der Waals surface area contributed by atoms with Gasteiger partial charge in [-0.25, -0.2) is 0 Å². The van der Waals surface area contributed by atoms with Crippen molar-refractivity contribution in [2.75, 3.05) is 0 Å². The molecule has 0 radical (unpaired) electrons. The molecule has 0 spiro atoms. The Balaban J connectivity index is 1.99. The number of aryl methyl sites for hydroxylation is 2. The second-order valence-electron chi connectivity index (χ2n) is 5.49. The Hall–Kier alpha value is -1.51. The lowest BCUT2D eigenvalue weighted by molar-refractivity contribution is 0.161. The van der Waals surface area contributed by atoms with Gasteiger partial charge in [-0.2, -0.15) is 0 Å². The summed E-state index contributed by atoms with van der Waals surface area (Å²) < 4.78 is 6.14. The highest BCUT2D eigenvalue weighted by atomic mass is 35.5. The largest absolute Gasteiger partial charge is 0.485 e. The lowest BCUT2D eigenvalue weighted by Gasteiger charge is -2.31. The Bertz CT molecular complexity index is 653. The van der Waals surface area contributed by atoms with Crippen LogP contribution in [0.3, 0.4) is 0 Å². The first kappa shape index (κ1) is 13.5. The molecule has 20 heavy (non-hydrogen) atoms. The molecular weight excluding hydrogens is 270 g/mol. The Morgan fingerprint density at radius 2 is 1.90 bits per heavy atom. The van der Waals surface area contributed by atoms with E-state index in [1.54, 1.807) is 0 Å². The van der Waals surface area contributed by atoms with Crippen molar-refractivity contribution >= 4 is 11.6 Å². The molecule has 1 heterocycles. The van der Waals surface area contributed by atoms with Crippen LogP contribution in [0.5, 0.6) is 5.75 Å². The van der Waals surface area contributed by atoms with Crippen LogP contribution in [0.4, 0.5) is 0 Å². The normalized spacial score (nSPS) is 21.2. The highest BCUT2D eigenvalue weighted by Crippen LogP contribution is 2.41. The molecule has 104 valence electrons. The molecule has 2 N–H and O–H groups in total. The lowest BCUT2D eigenvalue weighted by atomic mass is 9.91. The molecule has 0 saturated carbocycles. The first-order valence-corrected chi connectivity index (χ1v) is 7.21. The van der Waals surface area contributed by atoms with E-state index in [-0.39, 0.29) is 12.1 Å². The van der Waals surface area contributed by atoms with Crippen LogP contribution in [0.15, 0.2) is 36.4 Å². The van der Waals surface area contributed by atoms with Crippen LogP contribution in [0.25, 0.3) is 0 Å². The van der Waals surface area contributed by atoms with E-state index >= 15 is 0 Å². The molecule has 0 fully saturated rings. The maximum atomic E-state index is 6.29. The van der Waals surface area contributed by atoms with E-state index in [2.05, 4.69) is 32.0 Å². The van der Waals surface area contributed by atoms with E-state index in [4.69, 9.17) is 22.1 Å². The molecule has 3 rings (SSSR count). The second-order valence-corrected chi connectivity index (χ2v) is 5.93. The maximum Gasteiger partial charge on any atom is 0.126 e. The third kappa shape index (κ3) is 2.41. The summed E-state index contributed by atoms with van der Waals surface area (Å²) in [5, 5.41) is 0.702. The van der Waals surface area contributed by atoms with Crippen LogP contribution in [0, 0.1) is 13.8 Å². The Labute approximate surface area is 124 Å². The highest BCUT2D eigenvalue weighted by Gasteiger charge is 2.28. The van der Waals surface area contributed by atoms with E-state index in [1.807, 2.05) is 18.2 Å². The number of hydrogen-bond acceptors (Lipinski definition) is 2. The first-order chi connectivity index (χ1) is 9.54. The highest BCUT2D eigenvalue weighted by molar-refractivity contribution is 6.30. The number of hydrogen-bond donors (Lipinski definition) is 1. The number of rotatable bonds is 1. The molecule has 2 aromatic carbocycles. The molecule has 1 unspecified atom stereocenters. The number of ether oxygens (including phenoxy) is 1. The van der Waals surface area contributed by atoms with Gasteiger partial charge >= 0.3 is 0 Å². The van der Waals surface area contributed by atoms with Crippen LogP contribution in [0.1, 0.15) is 40.8 Å². The van der Waals surface area contributed by atoms with Crippen LogP contribution in [-0.2, 0) is 0 Å². The fourth-order valence-corrected chi connectivity index (χ4v) is 2.95. The number of fused-ring (bicyclic) bond motifs is 1. The molecule has 3 heteroatoms. The van der Waals surface area contributed by atoms with Crippen molar-refractivity contribution in [1.82, 2.24) is 0 Å². The molecule has 0 saturated heterocycles. The van der Waals surface area contributed by atoms with Crippen LogP contribution < -0.4 is 10.5 Å². The van der Waals surface area contributed by atoms with Crippen molar-refractivity contribution in [3.63, 3.8) is 0 Å². The summed E-state index contributed by atoms with van der Waals surface area (Å²) in [6.45, 7) is 4.21. The van der Waals surface area contributed by atoms with Gasteiger partial charge in [-0.15, -0.1) is 0 Å². The van der Waals surface area contributed by atoms with Crippen molar-refractivity contribution < 1.29 is 4.74 Å². The molecular formula is C17H18ClNO. The summed E-state index contributed by atoms with van der Waals surface area (Å²) in [6, 6.07) is 12.1. The van der Waals surface area contributed by atoms with Crippen molar-refractivity contribution in [1.29, 1.82) is 0 Å². The summed E-state index contributed by atoms with van der Waals surface area (Å²) in [4.78, 5) is 0.